The first-order valence-corrected chi connectivity index (χ1v) is 10.5. The molecule has 3 heterocycles. The molecule has 28 heavy (non-hydrogen) atoms. The molecule has 2 aliphatic heterocycles. The number of aromatic nitrogens is 1. The normalized spacial score (nSPS) is 19.3. The number of hydrogen-bond donors (Lipinski definition) is 0. The van der Waals surface area contributed by atoms with Crippen molar-refractivity contribution in [2.45, 2.75) is 32.2 Å². The number of carbonyl (C=O) groups excluding carboxylic acids is 1. The molecule has 146 valence electrons. The second kappa shape index (κ2) is 8.01. The smallest absolute Gasteiger partial charge is 0.338 e. The number of halogens is 2. The number of benzene rings is 1. The molecule has 0 amide bonds. The number of allylic oxidation sites excluding steroid dienone is 1. The maximum Gasteiger partial charge on any atom is 0.338 e. The average molecular weight is 420 g/mol. The van der Waals surface area contributed by atoms with Gasteiger partial charge in [-0.2, -0.15) is 0 Å². The Balaban J connectivity index is 1.90. The standard InChI is InChI=1S/C20H19ClFN3O2S/c1-2-27-20(26)16-15-5-3-4-9-25(15)18(19-23-8-10-28-19)24-17(16)13-7-6-12(22)11-14(13)21/h6-8,10-11,17H,2-5,9H2,1H3. The number of ether oxygens (including phenoxy) is 1. The van der Waals surface area contributed by atoms with Crippen LogP contribution in [0, 0.1) is 5.82 Å². The minimum atomic E-state index is -0.657. The Morgan fingerprint density at radius 3 is 3.00 bits per heavy atom. The Hall–Kier alpha value is -2.25. The maximum absolute atomic E-state index is 13.6. The summed E-state index contributed by atoms with van der Waals surface area (Å²) in [6.07, 6.45) is 4.46. The van der Waals surface area contributed by atoms with E-state index >= 15 is 0 Å². The van der Waals surface area contributed by atoms with E-state index in [2.05, 4.69) is 9.88 Å². The first-order valence-electron chi connectivity index (χ1n) is 9.20. The van der Waals surface area contributed by atoms with Gasteiger partial charge >= 0.3 is 5.97 Å². The largest absolute Gasteiger partial charge is 0.463 e. The van der Waals surface area contributed by atoms with Crippen molar-refractivity contribution in [3.05, 3.63) is 62.5 Å². The van der Waals surface area contributed by atoms with Crippen LogP contribution in [0.15, 0.2) is 46.0 Å². The highest BCUT2D eigenvalue weighted by molar-refractivity contribution is 7.11. The number of thiazole rings is 1. The Bertz CT molecular complexity index is 958. The van der Waals surface area contributed by atoms with Gasteiger partial charge in [-0.25, -0.2) is 14.2 Å². The lowest BCUT2D eigenvalue weighted by atomic mass is 9.91. The molecule has 0 N–H and O–H groups in total. The van der Waals surface area contributed by atoms with Crippen molar-refractivity contribution in [1.82, 2.24) is 9.88 Å². The number of nitrogens with zero attached hydrogens (tertiary/aromatic N) is 3. The van der Waals surface area contributed by atoms with Gasteiger partial charge in [0, 0.05) is 34.4 Å². The molecule has 0 aliphatic carbocycles. The van der Waals surface area contributed by atoms with E-state index in [0.717, 1.165) is 42.3 Å². The minimum absolute atomic E-state index is 0.235. The van der Waals surface area contributed by atoms with Crippen molar-refractivity contribution < 1.29 is 13.9 Å². The average Bonchev–Trinajstić information content (AvgIpc) is 3.21. The van der Waals surface area contributed by atoms with E-state index in [1.54, 1.807) is 19.2 Å². The predicted octanol–water partition coefficient (Wildman–Crippen LogP) is 4.74. The number of rotatable bonds is 4. The van der Waals surface area contributed by atoms with E-state index in [1.807, 2.05) is 5.38 Å². The van der Waals surface area contributed by atoms with Gasteiger partial charge in [0.25, 0.3) is 0 Å². The highest BCUT2D eigenvalue weighted by atomic mass is 35.5. The number of carbonyl (C=O) groups is 1. The lowest BCUT2D eigenvalue weighted by molar-refractivity contribution is -0.139. The summed E-state index contributed by atoms with van der Waals surface area (Å²) in [4.78, 5) is 24.3. The number of esters is 1. The first-order chi connectivity index (χ1) is 13.6. The Morgan fingerprint density at radius 1 is 1.43 bits per heavy atom. The third-order valence-corrected chi connectivity index (χ3v) is 5.93. The molecule has 2 aromatic rings. The van der Waals surface area contributed by atoms with Crippen LogP contribution in [0.5, 0.6) is 0 Å². The lowest BCUT2D eigenvalue weighted by Gasteiger charge is -2.38. The van der Waals surface area contributed by atoms with Gasteiger partial charge in [-0.05, 0) is 38.3 Å². The molecule has 5 nitrogen and oxygen atoms in total. The van der Waals surface area contributed by atoms with Crippen molar-refractivity contribution in [3.8, 4) is 0 Å². The summed E-state index contributed by atoms with van der Waals surface area (Å²) in [6, 6.07) is 3.51. The molecule has 1 aromatic heterocycles. The van der Waals surface area contributed by atoms with E-state index in [-0.39, 0.29) is 11.6 Å². The quantitative estimate of drug-likeness (QED) is 0.671. The number of fused-ring (bicyclic) bond motifs is 1. The summed E-state index contributed by atoms with van der Waals surface area (Å²) in [5, 5.41) is 2.91. The molecular weight excluding hydrogens is 401 g/mol. The second-order valence-electron chi connectivity index (χ2n) is 6.55. The van der Waals surface area contributed by atoms with Crippen molar-refractivity contribution >= 4 is 34.7 Å². The molecule has 1 atom stereocenters. The van der Waals surface area contributed by atoms with Crippen LogP contribution in [-0.2, 0) is 9.53 Å². The van der Waals surface area contributed by atoms with Gasteiger partial charge < -0.3 is 9.64 Å². The fraction of sp³-hybridized carbons (Fsp3) is 0.350. The van der Waals surface area contributed by atoms with Crippen molar-refractivity contribution in [1.29, 1.82) is 0 Å². The molecule has 1 aromatic carbocycles. The zero-order valence-corrected chi connectivity index (χ0v) is 16.9. The van der Waals surface area contributed by atoms with Crippen LogP contribution in [0.4, 0.5) is 4.39 Å². The fourth-order valence-electron chi connectivity index (χ4n) is 3.65. The van der Waals surface area contributed by atoms with Crippen LogP contribution in [0.25, 0.3) is 0 Å². The third-order valence-electron chi connectivity index (χ3n) is 4.84. The van der Waals surface area contributed by atoms with Crippen LogP contribution in [0.3, 0.4) is 0 Å². The second-order valence-corrected chi connectivity index (χ2v) is 7.85. The topological polar surface area (TPSA) is 54.8 Å². The SMILES string of the molecule is CCOC(=O)C1=C2CCCCN2C(c2nccs2)=NC1c1ccc(F)cc1Cl. The minimum Gasteiger partial charge on any atom is -0.463 e. The Morgan fingerprint density at radius 2 is 2.29 bits per heavy atom. The number of piperidine rings is 1. The molecule has 4 rings (SSSR count). The van der Waals surface area contributed by atoms with E-state index in [0.29, 0.717) is 11.1 Å². The van der Waals surface area contributed by atoms with Gasteiger partial charge in [-0.15, -0.1) is 11.3 Å². The van der Waals surface area contributed by atoms with Gasteiger partial charge in [0.2, 0.25) is 0 Å². The molecular formula is C20H19ClFN3O2S. The molecule has 0 bridgehead atoms. The van der Waals surface area contributed by atoms with Crippen molar-refractivity contribution in [2.75, 3.05) is 13.2 Å². The van der Waals surface area contributed by atoms with Crippen LogP contribution >= 0.6 is 22.9 Å². The highest BCUT2D eigenvalue weighted by Gasteiger charge is 2.38. The van der Waals surface area contributed by atoms with Gasteiger partial charge in [0.1, 0.15) is 11.9 Å². The van der Waals surface area contributed by atoms with Gasteiger partial charge in [0.15, 0.2) is 10.8 Å². The number of hydrogen-bond acceptors (Lipinski definition) is 6. The summed E-state index contributed by atoms with van der Waals surface area (Å²) in [5.74, 6) is -0.113. The molecule has 0 radical (unpaired) electrons. The molecule has 0 saturated carbocycles. The Labute approximate surface area is 171 Å². The summed E-state index contributed by atoms with van der Waals surface area (Å²) in [6.45, 7) is 2.80. The number of amidine groups is 1. The summed E-state index contributed by atoms with van der Waals surface area (Å²) >= 11 is 7.84. The summed E-state index contributed by atoms with van der Waals surface area (Å²) < 4.78 is 19.0. The van der Waals surface area contributed by atoms with Gasteiger partial charge in [-0.3, -0.25) is 4.99 Å². The summed E-state index contributed by atoms with van der Waals surface area (Å²) in [7, 11) is 0. The summed E-state index contributed by atoms with van der Waals surface area (Å²) in [5.41, 5.74) is 1.96. The molecule has 0 spiro atoms. The van der Waals surface area contributed by atoms with Crippen LogP contribution in [0.2, 0.25) is 5.02 Å². The van der Waals surface area contributed by atoms with Crippen LogP contribution < -0.4 is 0 Å². The molecule has 1 unspecified atom stereocenters. The van der Waals surface area contributed by atoms with Gasteiger partial charge in [0.05, 0.1) is 12.2 Å². The lowest BCUT2D eigenvalue weighted by Crippen LogP contribution is -2.40. The number of aliphatic imine (C=N–C) groups is 1. The van der Waals surface area contributed by atoms with E-state index in [9.17, 15) is 9.18 Å². The monoisotopic (exact) mass is 419 g/mol. The van der Waals surface area contributed by atoms with E-state index in [4.69, 9.17) is 21.3 Å². The predicted molar refractivity (Wildman–Crippen MR) is 107 cm³/mol. The van der Waals surface area contributed by atoms with Crippen LogP contribution in [0.1, 0.15) is 42.8 Å². The molecule has 8 heteroatoms. The van der Waals surface area contributed by atoms with Gasteiger partial charge in [-0.1, -0.05) is 17.7 Å². The molecule has 1 fully saturated rings. The highest BCUT2D eigenvalue weighted by Crippen LogP contribution is 2.41. The van der Waals surface area contributed by atoms with E-state index in [1.165, 1.54) is 23.5 Å². The maximum atomic E-state index is 13.6. The zero-order valence-electron chi connectivity index (χ0n) is 15.3. The van der Waals surface area contributed by atoms with Crippen LogP contribution in [-0.4, -0.2) is 34.8 Å². The van der Waals surface area contributed by atoms with Crippen molar-refractivity contribution in [2.24, 2.45) is 4.99 Å². The Kier molecular flexibility index (Phi) is 5.46. The van der Waals surface area contributed by atoms with Crippen molar-refractivity contribution in [3.63, 3.8) is 0 Å². The molecule has 1 saturated heterocycles. The fourth-order valence-corrected chi connectivity index (χ4v) is 4.56. The third kappa shape index (κ3) is 3.44. The first kappa shape index (κ1) is 19.1. The zero-order chi connectivity index (χ0) is 19.7. The molecule has 2 aliphatic rings. The van der Waals surface area contributed by atoms with E-state index < -0.39 is 17.8 Å².